The van der Waals surface area contributed by atoms with Crippen LogP contribution in [0.25, 0.3) is 5.76 Å². The molecule has 1 saturated heterocycles. The Bertz CT molecular complexity index is 1320. The van der Waals surface area contributed by atoms with E-state index in [-0.39, 0.29) is 22.4 Å². The van der Waals surface area contributed by atoms with E-state index in [1.807, 2.05) is 6.92 Å². The molecule has 33 heavy (non-hydrogen) atoms. The molecule has 3 aromatic rings. The molecule has 1 unspecified atom stereocenters. The molecule has 3 aromatic carbocycles. The lowest BCUT2D eigenvalue weighted by Crippen LogP contribution is -2.29. The van der Waals surface area contributed by atoms with Crippen molar-refractivity contribution in [3.8, 4) is 5.75 Å². The molecule has 1 heterocycles. The van der Waals surface area contributed by atoms with Gasteiger partial charge in [-0.05, 0) is 42.8 Å². The number of rotatable bonds is 4. The smallest absolute Gasteiger partial charge is 0.311 e. The predicted molar refractivity (Wildman–Crippen MR) is 117 cm³/mol. The summed E-state index contributed by atoms with van der Waals surface area (Å²) >= 11 is 0. The average molecular weight is 448 g/mol. The van der Waals surface area contributed by atoms with Gasteiger partial charge in [0.25, 0.3) is 11.7 Å². The molecule has 0 radical (unpaired) electrons. The molecule has 0 spiro atoms. The van der Waals surface area contributed by atoms with Gasteiger partial charge in [-0.1, -0.05) is 35.9 Å². The third kappa shape index (κ3) is 3.80. The van der Waals surface area contributed by atoms with Gasteiger partial charge < -0.3 is 10.2 Å². The highest BCUT2D eigenvalue weighted by Gasteiger charge is 2.47. The van der Waals surface area contributed by atoms with Crippen LogP contribution in [0.15, 0.2) is 72.3 Å². The Morgan fingerprint density at radius 3 is 2.27 bits per heavy atom. The Morgan fingerprint density at radius 1 is 1.03 bits per heavy atom. The number of aryl methyl sites for hydroxylation is 1. The van der Waals surface area contributed by atoms with Gasteiger partial charge in [0.2, 0.25) is 0 Å². The van der Waals surface area contributed by atoms with Gasteiger partial charge in [-0.2, -0.15) is 0 Å². The monoisotopic (exact) mass is 448 g/mol. The summed E-state index contributed by atoms with van der Waals surface area (Å²) in [5.41, 5.74) is 0.527. The van der Waals surface area contributed by atoms with Crippen molar-refractivity contribution in [1.29, 1.82) is 0 Å². The van der Waals surface area contributed by atoms with Gasteiger partial charge in [-0.25, -0.2) is 4.39 Å². The summed E-state index contributed by atoms with van der Waals surface area (Å²) in [6.45, 7) is 1.84. The van der Waals surface area contributed by atoms with Crippen LogP contribution in [0.4, 0.5) is 15.8 Å². The molecule has 1 aliphatic rings. The summed E-state index contributed by atoms with van der Waals surface area (Å²) in [5, 5.41) is 32.2. The summed E-state index contributed by atoms with van der Waals surface area (Å²) in [5.74, 6) is -3.61. The van der Waals surface area contributed by atoms with Crippen LogP contribution in [0.3, 0.4) is 0 Å². The van der Waals surface area contributed by atoms with E-state index in [1.54, 1.807) is 24.3 Å². The lowest BCUT2D eigenvalue weighted by Gasteiger charge is -2.25. The molecular formula is C24H17FN2O6. The van der Waals surface area contributed by atoms with Crippen LogP contribution >= 0.6 is 0 Å². The molecule has 0 aromatic heterocycles. The number of aliphatic hydroxyl groups excluding tert-OH is 1. The second-order valence-electron chi connectivity index (χ2n) is 7.52. The molecule has 1 amide bonds. The molecule has 1 aliphatic heterocycles. The number of halogens is 1. The number of carbonyl (C=O) groups excluding carboxylic acids is 2. The molecule has 9 heteroatoms. The van der Waals surface area contributed by atoms with E-state index in [0.717, 1.165) is 34.7 Å². The number of nitro benzene ring substituents is 1. The first-order chi connectivity index (χ1) is 15.7. The topological polar surface area (TPSA) is 121 Å². The third-order valence-electron chi connectivity index (χ3n) is 5.39. The van der Waals surface area contributed by atoms with E-state index in [1.165, 1.54) is 18.2 Å². The van der Waals surface area contributed by atoms with Crippen molar-refractivity contribution in [3.05, 3.63) is 105 Å². The molecule has 1 atom stereocenters. The van der Waals surface area contributed by atoms with Gasteiger partial charge in [0, 0.05) is 17.3 Å². The maximum Gasteiger partial charge on any atom is 0.311 e. The van der Waals surface area contributed by atoms with Gasteiger partial charge in [0.15, 0.2) is 5.75 Å². The van der Waals surface area contributed by atoms with E-state index in [9.17, 15) is 34.3 Å². The Labute approximate surface area is 187 Å². The second kappa shape index (κ2) is 8.19. The van der Waals surface area contributed by atoms with Crippen molar-refractivity contribution < 1.29 is 29.1 Å². The number of anilines is 1. The first kappa shape index (κ1) is 21.7. The number of phenols is 1. The van der Waals surface area contributed by atoms with Gasteiger partial charge in [0.1, 0.15) is 11.6 Å². The van der Waals surface area contributed by atoms with E-state index >= 15 is 0 Å². The number of aliphatic hydroxyl groups is 1. The minimum atomic E-state index is -1.25. The number of nitrogens with zero attached hydrogens (tertiary/aromatic N) is 2. The van der Waals surface area contributed by atoms with Crippen LogP contribution in [0, 0.1) is 22.9 Å². The highest BCUT2D eigenvalue weighted by Crippen LogP contribution is 2.43. The average Bonchev–Trinajstić information content (AvgIpc) is 3.05. The first-order valence-electron chi connectivity index (χ1n) is 9.80. The fourth-order valence-corrected chi connectivity index (χ4v) is 3.74. The van der Waals surface area contributed by atoms with Gasteiger partial charge in [0.05, 0.1) is 16.5 Å². The van der Waals surface area contributed by atoms with Crippen molar-refractivity contribution >= 4 is 28.8 Å². The molecule has 0 saturated carbocycles. The number of amides is 1. The molecule has 166 valence electrons. The highest BCUT2D eigenvalue weighted by atomic mass is 19.1. The lowest BCUT2D eigenvalue weighted by molar-refractivity contribution is -0.385. The number of carbonyl (C=O) groups is 2. The number of hydrogen-bond acceptors (Lipinski definition) is 6. The van der Waals surface area contributed by atoms with Crippen molar-refractivity contribution in [2.75, 3.05) is 4.90 Å². The minimum Gasteiger partial charge on any atom is -0.507 e. The van der Waals surface area contributed by atoms with Crippen LogP contribution in [0.2, 0.25) is 0 Å². The van der Waals surface area contributed by atoms with Crippen molar-refractivity contribution in [2.24, 2.45) is 0 Å². The second-order valence-corrected chi connectivity index (χ2v) is 7.52. The summed E-state index contributed by atoms with van der Waals surface area (Å²) in [6.07, 6.45) is 0. The van der Waals surface area contributed by atoms with Crippen LogP contribution < -0.4 is 4.90 Å². The maximum absolute atomic E-state index is 13.5. The summed E-state index contributed by atoms with van der Waals surface area (Å²) in [6, 6.07) is 13.5. The van der Waals surface area contributed by atoms with Crippen molar-refractivity contribution in [2.45, 2.75) is 13.0 Å². The SMILES string of the molecule is Cc1ccc(/C(O)=C2/C(=O)C(=O)N(c3ccc(F)cc3)C2c2ccc(O)c([N+](=O)[O-])c2)cc1. The Kier molecular flexibility index (Phi) is 5.39. The zero-order chi connectivity index (χ0) is 23.9. The van der Waals surface area contributed by atoms with E-state index in [2.05, 4.69) is 0 Å². The molecule has 2 N–H and O–H groups in total. The molecule has 1 fully saturated rings. The highest BCUT2D eigenvalue weighted by molar-refractivity contribution is 6.51. The van der Waals surface area contributed by atoms with Crippen LogP contribution in [0.5, 0.6) is 5.75 Å². The van der Waals surface area contributed by atoms with Crippen LogP contribution in [-0.2, 0) is 9.59 Å². The predicted octanol–water partition coefficient (Wildman–Crippen LogP) is 4.37. The number of Topliss-reactive ketones (excluding diaryl/α,β-unsaturated/α-hetero) is 1. The normalized spacial score (nSPS) is 17.4. The Hall–Kier alpha value is -4.53. The molecule has 8 nitrogen and oxygen atoms in total. The Morgan fingerprint density at radius 2 is 1.67 bits per heavy atom. The van der Waals surface area contributed by atoms with Crippen molar-refractivity contribution in [3.63, 3.8) is 0 Å². The number of ketones is 1. The lowest BCUT2D eigenvalue weighted by atomic mass is 9.94. The standard InChI is InChI=1S/C24H17FN2O6/c1-13-2-4-14(5-3-13)22(29)20-21(15-6-11-19(28)18(12-15)27(32)33)26(24(31)23(20)30)17-9-7-16(25)8-10-17/h2-12,21,28-29H,1H3/b22-20-. The number of phenolic OH excluding ortho intramolecular Hbond substituents is 1. The third-order valence-corrected chi connectivity index (χ3v) is 5.39. The summed E-state index contributed by atoms with van der Waals surface area (Å²) in [4.78, 5) is 37.7. The molecule has 0 aliphatic carbocycles. The van der Waals surface area contributed by atoms with E-state index < -0.39 is 45.7 Å². The van der Waals surface area contributed by atoms with Crippen LogP contribution in [-0.4, -0.2) is 26.8 Å². The van der Waals surface area contributed by atoms with Crippen molar-refractivity contribution in [1.82, 2.24) is 0 Å². The quantitative estimate of drug-likeness (QED) is 0.201. The van der Waals surface area contributed by atoms with E-state index in [4.69, 9.17) is 0 Å². The maximum atomic E-state index is 13.5. The molecule has 0 bridgehead atoms. The number of nitro groups is 1. The fourth-order valence-electron chi connectivity index (χ4n) is 3.74. The fraction of sp³-hybridized carbons (Fsp3) is 0.0833. The minimum absolute atomic E-state index is 0.108. The first-order valence-corrected chi connectivity index (χ1v) is 9.80. The summed E-state index contributed by atoms with van der Waals surface area (Å²) < 4.78 is 13.5. The number of benzene rings is 3. The van der Waals surface area contributed by atoms with Crippen LogP contribution in [0.1, 0.15) is 22.7 Å². The van der Waals surface area contributed by atoms with Gasteiger partial charge >= 0.3 is 5.69 Å². The van der Waals surface area contributed by atoms with E-state index in [0.29, 0.717) is 0 Å². The van der Waals surface area contributed by atoms with Gasteiger partial charge in [-0.3, -0.25) is 24.6 Å². The molecular weight excluding hydrogens is 431 g/mol. The largest absolute Gasteiger partial charge is 0.507 e. The number of aromatic hydroxyl groups is 1. The zero-order valence-corrected chi connectivity index (χ0v) is 17.2. The Balaban J connectivity index is 1.98. The molecule has 4 rings (SSSR count). The number of hydrogen-bond donors (Lipinski definition) is 2. The zero-order valence-electron chi connectivity index (χ0n) is 17.2. The van der Waals surface area contributed by atoms with Gasteiger partial charge in [-0.15, -0.1) is 0 Å². The summed E-state index contributed by atoms with van der Waals surface area (Å²) in [7, 11) is 0.